The Morgan fingerprint density at radius 2 is 1.78 bits per heavy atom. The molecule has 1 fully saturated rings. The molecule has 0 unspecified atom stereocenters. The van der Waals surface area contributed by atoms with Crippen molar-refractivity contribution in [3.05, 3.63) is 11.3 Å². The van der Waals surface area contributed by atoms with Gasteiger partial charge in [-0.05, 0) is 32.6 Å². The van der Waals surface area contributed by atoms with E-state index in [-0.39, 0.29) is 0 Å². The van der Waals surface area contributed by atoms with E-state index >= 15 is 0 Å². The number of allylic oxidation sites excluding steroid dienone is 2. The van der Waals surface area contributed by atoms with Crippen LogP contribution in [0.3, 0.4) is 0 Å². The number of hydrogen-bond acceptors (Lipinski definition) is 1. The molecule has 2 N–H and O–H groups in total. The molecule has 0 bridgehead atoms. The largest absolute Gasteiger partial charge is 0.402 e. The van der Waals surface area contributed by atoms with Crippen molar-refractivity contribution < 1.29 is 0 Å². The van der Waals surface area contributed by atoms with Crippen molar-refractivity contribution in [2.75, 3.05) is 0 Å². The molecule has 0 atom stereocenters. The van der Waals surface area contributed by atoms with Crippen molar-refractivity contribution in [2.24, 2.45) is 5.73 Å². The average Bonchev–Trinajstić information content (AvgIpc) is 1.90. The second-order valence-electron chi connectivity index (χ2n) is 2.85. The minimum absolute atomic E-state index is 1.06. The van der Waals surface area contributed by atoms with Gasteiger partial charge in [-0.25, -0.2) is 0 Å². The van der Waals surface area contributed by atoms with Crippen LogP contribution < -0.4 is 5.73 Å². The predicted molar refractivity (Wildman–Crippen MR) is 40.0 cm³/mol. The third-order valence-electron chi connectivity index (χ3n) is 2.01. The first kappa shape index (κ1) is 6.66. The summed E-state index contributed by atoms with van der Waals surface area (Å²) < 4.78 is 0. The fourth-order valence-corrected chi connectivity index (χ4v) is 1.37. The van der Waals surface area contributed by atoms with Crippen LogP contribution in [0.4, 0.5) is 0 Å². The first-order chi connectivity index (χ1) is 4.30. The molecule has 0 radical (unpaired) electrons. The highest BCUT2D eigenvalue weighted by Gasteiger charge is 2.05. The maximum Gasteiger partial charge on any atom is 0.00407 e. The van der Waals surface area contributed by atoms with Crippen LogP contribution in [0.25, 0.3) is 0 Å². The van der Waals surface area contributed by atoms with E-state index in [1.807, 2.05) is 6.92 Å². The van der Waals surface area contributed by atoms with E-state index in [2.05, 4.69) is 0 Å². The van der Waals surface area contributed by atoms with E-state index in [0.717, 1.165) is 5.70 Å². The minimum Gasteiger partial charge on any atom is -0.402 e. The van der Waals surface area contributed by atoms with Gasteiger partial charge in [-0.1, -0.05) is 12.0 Å². The Balaban J connectivity index is 2.49. The maximum absolute atomic E-state index is 5.65. The lowest BCUT2D eigenvalue weighted by Gasteiger charge is -2.14. The Labute approximate surface area is 56.9 Å². The Morgan fingerprint density at radius 1 is 1.22 bits per heavy atom. The number of rotatable bonds is 0. The summed E-state index contributed by atoms with van der Waals surface area (Å²) in [5.41, 5.74) is 8.21. The molecule has 52 valence electrons. The summed E-state index contributed by atoms with van der Waals surface area (Å²) in [5, 5.41) is 0. The molecule has 0 aromatic heterocycles. The van der Waals surface area contributed by atoms with Crippen molar-refractivity contribution in [1.82, 2.24) is 0 Å². The van der Waals surface area contributed by atoms with Gasteiger partial charge >= 0.3 is 0 Å². The van der Waals surface area contributed by atoms with Gasteiger partial charge in [-0.15, -0.1) is 0 Å². The van der Waals surface area contributed by atoms with E-state index in [0.29, 0.717) is 0 Å². The first-order valence-corrected chi connectivity index (χ1v) is 3.75. The average molecular weight is 125 g/mol. The smallest absolute Gasteiger partial charge is 0.00407 e. The van der Waals surface area contributed by atoms with Crippen molar-refractivity contribution in [2.45, 2.75) is 39.0 Å². The van der Waals surface area contributed by atoms with Crippen LogP contribution in [-0.4, -0.2) is 0 Å². The molecule has 0 saturated heterocycles. The normalized spacial score (nSPS) is 19.9. The van der Waals surface area contributed by atoms with Gasteiger partial charge in [0.2, 0.25) is 0 Å². The second kappa shape index (κ2) is 2.90. The number of nitrogens with two attached hydrogens (primary N) is 1. The molecule has 1 aliphatic carbocycles. The van der Waals surface area contributed by atoms with Gasteiger partial charge < -0.3 is 5.73 Å². The topological polar surface area (TPSA) is 26.0 Å². The number of hydrogen-bond donors (Lipinski definition) is 1. The Kier molecular flexibility index (Phi) is 2.15. The fourth-order valence-electron chi connectivity index (χ4n) is 1.37. The highest BCUT2D eigenvalue weighted by molar-refractivity contribution is 5.09. The lowest BCUT2D eigenvalue weighted by atomic mass is 9.94. The van der Waals surface area contributed by atoms with Crippen molar-refractivity contribution in [3.63, 3.8) is 0 Å². The highest BCUT2D eigenvalue weighted by atomic mass is 14.6. The summed E-state index contributed by atoms with van der Waals surface area (Å²) in [4.78, 5) is 0. The first-order valence-electron chi connectivity index (χ1n) is 3.75. The van der Waals surface area contributed by atoms with Crippen LogP contribution >= 0.6 is 0 Å². The molecule has 1 rings (SSSR count). The molecule has 0 amide bonds. The molecule has 1 heteroatoms. The van der Waals surface area contributed by atoms with Gasteiger partial charge in [0, 0.05) is 5.70 Å². The molecule has 0 aliphatic heterocycles. The summed E-state index contributed by atoms with van der Waals surface area (Å²) in [5.74, 6) is 0. The molecular weight excluding hydrogens is 110 g/mol. The zero-order valence-electron chi connectivity index (χ0n) is 6.11. The summed E-state index contributed by atoms with van der Waals surface area (Å²) in [7, 11) is 0. The summed E-state index contributed by atoms with van der Waals surface area (Å²) in [6.45, 7) is 2.01. The summed E-state index contributed by atoms with van der Waals surface area (Å²) in [6, 6.07) is 0. The van der Waals surface area contributed by atoms with Crippen LogP contribution in [-0.2, 0) is 0 Å². The molecule has 0 heterocycles. The van der Waals surface area contributed by atoms with Crippen LogP contribution in [0.15, 0.2) is 11.3 Å². The van der Waals surface area contributed by atoms with Crippen molar-refractivity contribution in [1.29, 1.82) is 0 Å². The van der Waals surface area contributed by atoms with Gasteiger partial charge in [-0.2, -0.15) is 0 Å². The third kappa shape index (κ3) is 1.74. The summed E-state index contributed by atoms with van der Waals surface area (Å²) in [6.07, 6.45) is 6.61. The Bertz CT molecular complexity index is 113. The molecule has 1 nitrogen and oxygen atoms in total. The zero-order chi connectivity index (χ0) is 6.69. The molecule has 1 aliphatic rings. The van der Waals surface area contributed by atoms with Crippen LogP contribution in [0.1, 0.15) is 39.0 Å². The van der Waals surface area contributed by atoms with Gasteiger partial charge in [0.1, 0.15) is 0 Å². The Morgan fingerprint density at radius 3 is 2.11 bits per heavy atom. The van der Waals surface area contributed by atoms with E-state index in [9.17, 15) is 0 Å². The van der Waals surface area contributed by atoms with E-state index in [1.54, 1.807) is 0 Å². The molecule has 0 spiro atoms. The standard InChI is InChI=1S/C8H15N/c1-7(9)8-5-3-2-4-6-8/h2-6,9H2,1H3. The molecule has 1 saturated carbocycles. The minimum atomic E-state index is 1.06. The van der Waals surface area contributed by atoms with E-state index in [1.165, 1.54) is 37.7 Å². The van der Waals surface area contributed by atoms with Gasteiger partial charge in [0.15, 0.2) is 0 Å². The highest BCUT2D eigenvalue weighted by Crippen LogP contribution is 2.23. The summed E-state index contributed by atoms with van der Waals surface area (Å²) >= 11 is 0. The zero-order valence-corrected chi connectivity index (χ0v) is 6.11. The quantitative estimate of drug-likeness (QED) is 0.527. The predicted octanol–water partition coefficient (Wildman–Crippen LogP) is 2.18. The van der Waals surface area contributed by atoms with Gasteiger partial charge in [-0.3, -0.25) is 0 Å². The van der Waals surface area contributed by atoms with Crippen molar-refractivity contribution >= 4 is 0 Å². The van der Waals surface area contributed by atoms with E-state index < -0.39 is 0 Å². The van der Waals surface area contributed by atoms with Gasteiger partial charge in [0.05, 0.1) is 0 Å². The maximum atomic E-state index is 5.65. The van der Waals surface area contributed by atoms with E-state index in [4.69, 9.17) is 5.73 Å². The molecule has 9 heavy (non-hydrogen) atoms. The van der Waals surface area contributed by atoms with Crippen molar-refractivity contribution in [3.8, 4) is 0 Å². The van der Waals surface area contributed by atoms with Gasteiger partial charge in [0.25, 0.3) is 0 Å². The lowest BCUT2D eigenvalue weighted by Crippen LogP contribution is -2.02. The van der Waals surface area contributed by atoms with Crippen LogP contribution in [0.2, 0.25) is 0 Å². The molecule has 0 aromatic rings. The Hall–Kier alpha value is -0.460. The van der Waals surface area contributed by atoms with Crippen LogP contribution in [0.5, 0.6) is 0 Å². The molecular formula is C8H15N. The van der Waals surface area contributed by atoms with Crippen LogP contribution in [0, 0.1) is 0 Å². The third-order valence-corrected chi connectivity index (χ3v) is 2.01. The monoisotopic (exact) mass is 125 g/mol. The SMILES string of the molecule is CC(N)=C1CCCCC1. The second-order valence-corrected chi connectivity index (χ2v) is 2.85. The lowest BCUT2D eigenvalue weighted by molar-refractivity contribution is 0.592. The molecule has 0 aromatic carbocycles. The fraction of sp³-hybridized carbons (Fsp3) is 0.750.